The van der Waals surface area contributed by atoms with Crippen LogP contribution in [0.3, 0.4) is 0 Å². The Morgan fingerprint density at radius 2 is 1.90 bits per heavy atom. The molecular formula is C27H29ClF3N5O4. The molecule has 1 aliphatic carbocycles. The summed E-state index contributed by atoms with van der Waals surface area (Å²) in [6.45, 7) is 0.507. The Labute approximate surface area is 233 Å². The summed E-state index contributed by atoms with van der Waals surface area (Å²) in [7, 11) is 0. The number of amides is 2. The van der Waals surface area contributed by atoms with E-state index in [1.54, 1.807) is 31.2 Å². The number of halogens is 4. The van der Waals surface area contributed by atoms with Gasteiger partial charge in [-0.05, 0) is 67.8 Å². The Bertz CT molecular complexity index is 1340. The third-order valence-corrected chi connectivity index (χ3v) is 6.75. The highest BCUT2D eigenvalue weighted by Gasteiger charge is 2.40. The third kappa shape index (κ3) is 7.98. The number of carboxylic acids is 1. The molecule has 1 saturated carbocycles. The molecule has 2 aromatic carbocycles. The van der Waals surface area contributed by atoms with Crippen LogP contribution in [0.4, 0.5) is 23.7 Å². The molecule has 0 radical (unpaired) electrons. The van der Waals surface area contributed by atoms with Gasteiger partial charge in [-0.1, -0.05) is 17.7 Å². The molecule has 6 N–H and O–H groups in total. The van der Waals surface area contributed by atoms with Crippen LogP contribution in [0.25, 0.3) is 0 Å². The number of carbonyl (C=O) groups is 2. The number of carboxylic acid groups (broad SMARTS) is 1. The summed E-state index contributed by atoms with van der Waals surface area (Å²) in [5.41, 5.74) is 6.90. The molecule has 0 heterocycles. The average Bonchev–Trinajstić information content (AvgIpc) is 2.87. The van der Waals surface area contributed by atoms with Crippen LogP contribution in [-0.2, 0) is 4.79 Å². The van der Waals surface area contributed by atoms with Gasteiger partial charge >= 0.3 is 18.2 Å². The van der Waals surface area contributed by atoms with E-state index in [2.05, 4.69) is 10.3 Å². The number of alkyl halides is 3. The Kier molecular flexibility index (Phi) is 9.46. The highest BCUT2D eigenvalue weighted by atomic mass is 35.5. The summed E-state index contributed by atoms with van der Waals surface area (Å²) in [6, 6.07) is 10.8. The number of aliphatic imine (C=N–C) groups is 1. The Balaban J connectivity index is 1.86. The van der Waals surface area contributed by atoms with Gasteiger partial charge in [0.15, 0.2) is 0 Å². The largest absolute Gasteiger partial charge is 0.508 e. The number of hydrogen-bond donors (Lipinski definition) is 5. The molecule has 0 aromatic heterocycles. The number of rotatable bonds is 7. The minimum atomic E-state index is -4.57. The Morgan fingerprint density at radius 1 is 1.23 bits per heavy atom. The van der Waals surface area contributed by atoms with Crippen molar-refractivity contribution in [2.75, 3.05) is 13.1 Å². The molecule has 1 atom stereocenters. The number of nitrogens with one attached hydrogen (secondary N) is 2. The van der Waals surface area contributed by atoms with E-state index in [-0.39, 0.29) is 42.8 Å². The predicted octanol–water partition coefficient (Wildman–Crippen LogP) is 5.60. The molecule has 214 valence electrons. The first-order chi connectivity index (χ1) is 18.7. The zero-order chi connectivity index (χ0) is 29.7. The first kappa shape index (κ1) is 30.5. The molecule has 0 saturated heterocycles. The van der Waals surface area contributed by atoms with Crippen molar-refractivity contribution in [1.29, 1.82) is 5.41 Å². The maximum absolute atomic E-state index is 13.0. The summed E-state index contributed by atoms with van der Waals surface area (Å²) in [5, 5.41) is 30.5. The average molecular weight is 580 g/mol. The van der Waals surface area contributed by atoms with Crippen LogP contribution in [0.15, 0.2) is 64.8 Å². The van der Waals surface area contributed by atoms with E-state index in [0.29, 0.717) is 26.9 Å². The fourth-order valence-electron chi connectivity index (χ4n) is 4.15. The normalized spacial score (nSPS) is 19.7. The fraction of sp³-hybridized carbons (Fsp3) is 0.333. The van der Waals surface area contributed by atoms with Gasteiger partial charge < -0.3 is 21.3 Å². The highest BCUT2D eigenvalue weighted by Crippen LogP contribution is 2.39. The van der Waals surface area contributed by atoms with Crippen LogP contribution in [0.2, 0.25) is 5.02 Å². The Hall–Kier alpha value is -4.06. The fourth-order valence-corrected chi connectivity index (χ4v) is 4.33. The van der Waals surface area contributed by atoms with Crippen LogP contribution < -0.4 is 11.1 Å². The number of amidine groups is 1. The third-order valence-electron chi connectivity index (χ3n) is 6.51. The Morgan fingerprint density at radius 3 is 2.50 bits per heavy atom. The lowest BCUT2D eigenvalue weighted by Gasteiger charge is -2.32. The number of nitrogens with two attached hydrogens (primary N) is 1. The number of phenolic OH excluding ortho intramolecular Hbond substituents is 1. The smallest absolute Gasteiger partial charge is 0.390 e. The van der Waals surface area contributed by atoms with Crippen molar-refractivity contribution in [2.24, 2.45) is 16.1 Å². The van der Waals surface area contributed by atoms with E-state index in [1.165, 1.54) is 24.3 Å². The number of phenols is 1. The van der Waals surface area contributed by atoms with Crippen LogP contribution in [-0.4, -0.2) is 57.9 Å². The van der Waals surface area contributed by atoms with Crippen molar-refractivity contribution in [3.63, 3.8) is 0 Å². The molecule has 13 heteroatoms. The van der Waals surface area contributed by atoms with E-state index in [1.807, 2.05) is 0 Å². The van der Waals surface area contributed by atoms with Crippen LogP contribution in [0.5, 0.6) is 5.75 Å². The molecule has 1 aliphatic rings. The molecule has 0 bridgehead atoms. The van der Waals surface area contributed by atoms with Gasteiger partial charge in [0.1, 0.15) is 11.6 Å². The lowest BCUT2D eigenvalue weighted by molar-refractivity contribution is -0.148. The van der Waals surface area contributed by atoms with Gasteiger partial charge in [-0.3, -0.25) is 20.1 Å². The molecule has 0 spiro atoms. The van der Waals surface area contributed by atoms with Crippen molar-refractivity contribution < 1.29 is 33.0 Å². The second-order valence-electron chi connectivity index (χ2n) is 9.66. The number of aliphatic carboxylic acids is 1. The number of benzene rings is 2. The summed E-state index contributed by atoms with van der Waals surface area (Å²) in [5.74, 6) is -1.60. The topological polar surface area (TPSA) is 152 Å². The summed E-state index contributed by atoms with van der Waals surface area (Å²) < 4.78 is 38.9. The van der Waals surface area contributed by atoms with Gasteiger partial charge in [0, 0.05) is 35.0 Å². The van der Waals surface area contributed by atoms with Gasteiger partial charge in [0.2, 0.25) is 0 Å². The first-order valence-electron chi connectivity index (χ1n) is 12.2. The van der Waals surface area contributed by atoms with Crippen molar-refractivity contribution in [3.8, 4) is 5.75 Å². The maximum Gasteiger partial charge on any atom is 0.390 e. The second-order valence-corrected chi connectivity index (χ2v) is 10.1. The van der Waals surface area contributed by atoms with Gasteiger partial charge in [-0.25, -0.2) is 4.79 Å². The standard InChI is InChI=1S/C27H29ClF3N5O4/c1-26(24(38)39)10-9-20(22(14-26)35-18-4-2-3-17(28)13-18)21(32)15-34-25(40)36(12-11-27(29,30)31)23(33)16-5-7-19(37)8-6-16/h2-8,13,33,37H,9-12,14-15,32H2,1H3,(H,34,40)(H,38,39)/b21-20-,33-23?,35-22?. The van der Waals surface area contributed by atoms with Crippen molar-refractivity contribution in [1.82, 2.24) is 10.2 Å². The van der Waals surface area contributed by atoms with E-state index in [4.69, 9.17) is 22.7 Å². The predicted molar refractivity (Wildman–Crippen MR) is 145 cm³/mol. The van der Waals surface area contributed by atoms with Crippen LogP contribution in [0.1, 0.15) is 38.2 Å². The minimum absolute atomic E-state index is 0.0576. The zero-order valence-corrected chi connectivity index (χ0v) is 22.3. The molecule has 1 fully saturated rings. The number of hydrogen-bond acceptors (Lipinski definition) is 6. The minimum Gasteiger partial charge on any atom is -0.508 e. The van der Waals surface area contributed by atoms with Crippen molar-refractivity contribution in [3.05, 3.63) is 70.4 Å². The summed E-state index contributed by atoms with van der Waals surface area (Å²) >= 11 is 6.06. The number of urea groups is 1. The lowest BCUT2D eigenvalue weighted by Crippen LogP contribution is -2.46. The van der Waals surface area contributed by atoms with Crippen LogP contribution in [0, 0.1) is 10.8 Å². The van der Waals surface area contributed by atoms with Gasteiger partial charge in [0.05, 0.1) is 24.1 Å². The van der Waals surface area contributed by atoms with E-state index in [9.17, 15) is 33.0 Å². The zero-order valence-electron chi connectivity index (χ0n) is 21.6. The number of aromatic hydroxyl groups is 1. The van der Waals surface area contributed by atoms with Crippen LogP contribution >= 0.6 is 11.6 Å². The molecule has 9 nitrogen and oxygen atoms in total. The van der Waals surface area contributed by atoms with E-state index >= 15 is 0 Å². The van der Waals surface area contributed by atoms with Gasteiger partial charge in [0.25, 0.3) is 0 Å². The van der Waals surface area contributed by atoms with Crippen molar-refractivity contribution in [2.45, 2.75) is 38.8 Å². The van der Waals surface area contributed by atoms with Gasteiger partial charge in [-0.15, -0.1) is 0 Å². The molecule has 3 rings (SSSR count). The number of allylic oxidation sites excluding steroid dienone is 1. The molecule has 1 unspecified atom stereocenters. The molecule has 2 amide bonds. The highest BCUT2D eigenvalue weighted by molar-refractivity contribution is 6.30. The lowest BCUT2D eigenvalue weighted by atomic mass is 9.72. The van der Waals surface area contributed by atoms with Crippen molar-refractivity contribution >= 4 is 40.8 Å². The summed E-state index contributed by atoms with van der Waals surface area (Å²) in [4.78, 5) is 30.1. The number of carbonyl (C=O) groups excluding carboxylic acids is 1. The first-order valence-corrected chi connectivity index (χ1v) is 12.6. The maximum atomic E-state index is 13.0. The van der Waals surface area contributed by atoms with E-state index in [0.717, 1.165) is 0 Å². The monoisotopic (exact) mass is 579 g/mol. The second kappa shape index (κ2) is 12.4. The van der Waals surface area contributed by atoms with E-state index < -0.39 is 42.4 Å². The summed E-state index contributed by atoms with van der Waals surface area (Å²) in [6.07, 6.45) is -5.36. The number of nitrogens with zero attached hydrogens (tertiary/aromatic N) is 2. The molecular weight excluding hydrogens is 551 g/mol. The quantitative estimate of drug-likeness (QED) is 0.214. The SMILES string of the molecule is CC1(C(=O)O)CC/C(=C(/N)CNC(=O)N(CCC(F)(F)F)C(=N)c2ccc(O)cc2)C(=Nc2cccc(Cl)c2)C1. The van der Waals surface area contributed by atoms with Gasteiger partial charge in [-0.2, -0.15) is 13.2 Å². The molecule has 40 heavy (non-hydrogen) atoms. The molecule has 2 aromatic rings. The molecule has 0 aliphatic heterocycles.